The van der Waals surface area contributed by atoms with Crippen LogP contribution in [0.4, 0.5) is 0 Å². The summed E-state index contributed by atoms with van der Waals surface area (Å²) >= 11 is 7.19. The Bertz CT molecular complexity index is 303. The van der Waals surface area contributed by atoms with Crippen LogP contribution in [-0.4, -0.2) is 27.2 Å². The Balaban J connectivity index is 2.13. The molecule has 1 aromatic rings. The summed E-state index contributed by atoms with van der Waals surface area (Å²) in [6, 6.07) is 0. The van der Waals surface area contributed by atoms with E-state index in [1.807, 2.05) is 6.92 Å². The van der Waals surface area contributed by atoms with E-state index < -0.39 is 10.8 Å². The van der Waals surface area contributed by atoms with Crippen LogP contribution in [0.15, 0.2) is 6.20 Å². The van der Waals surface area contributed by atoms with Crippen molar-refractivity contribution in [2.24, 2.45) is 0 Å². The molecule has 1 rings (SSSR count). The maximum atomic E-state index is 11.1. The number of nitrogens with one attached hydrogen (secondary N) is 1. The summed E-state index contributed by atoms with van der Waals surface area (Å²) in [6.07, 6.45) is 1.65. The summed E-state index contributed by atoms with van der Waals surface area (Å²) in [5, 5.41) is 4.15. The second-order valence-electron chi connectivity index (χ2n) is 2.67. The van der Waals surface area contributed by atoms with Gasteiger partial charge in [0.15, 0.2) is 0 Å². The van der Waals surface area contributed by atoms with E-state index in [4.69, 9.17) is 11.6 Å². The van der Waals surface area contributed by atoms with Gasteiger partial charge in [-0.3, -0.25) is 4.21 Å². The number of halogens is 1. The molecule has 0 saturated carbocycles. The Morgan fingerprint density at radius 1 is 1.71 bits per heavy atom. The Kier molecular flexibility index (Phi) is 5.62. The molecule has 1 unspecified atom stereocenters. The molecular weight excluding hydrogens is 240 g/mol. The van der Waals surface area contributed by atoms with E-state index in [1.165, 1.54) is 11.3 Å². The second-order valence-corrected chi connectivity index (χ2v) is 6.28. The van der Waals surface area contributed by atoms with Gasteiger partial charge in [0.05, 0.1) is 6.20 Å². The molecule has 1 heterocycles. The summed E-state index contributed by atoms with van der Waals surface area (Å²) in [5.74, 6) is 1.43. The fourth-order valence-corrected chi connectivity index (χ4v) is 2.48. The fourth-order valence-electron chi connectivity index (χ4n) is 0.895. The molecule has 14 heavy (non-hydrogen) atoms. The molecule has 1 atom stereocenters. The van der Waals surface area contributed by atoms with Gasteiger partial charge in [0.25, 0.3) is 0 Å². The van der Waals surface area contributed by atoms with Crippen LogP contribution < -0.4 is 5.32 Å². The van der Waals surface area contributed by atoms with Gasteiger partial charge >= 0.3 is 0 Å². The molecule has 1 N–H and O–H groups in total. The zero-order chi connectivity index (χ0) is 10.4. The quantitative estimate of drug-likeness (QED) is 0.783. The molecule has 0 radical (unpaired) electrons. The minimum atomic E-state index is -0.685. The van der Waals surface area contributed by atoms with Gasteiger partial charge in [0.1, 0.15) is 9.34 Å². The molecule has 6 heteroatoms. The minimum Gasteiger partial charge on any atom is -0.310 e. The average Bonchev–Trinajstić information content (AvgIpc) is 2.58. The molecule has 3 nitrogen and oxygen atoms in total. The van der Waals surface area contributed by atoms with Crippen LogP contribution in [0.25, 0.3) is 0 Å². The highest BCUT2D eigenvalue weighted by Crippen LogP contribution is 2.17. The number of hydrogen-bond acceptors (Lipinski definition) is 4. The van der Waals surface area contributed by atoms with E-state index in [1.54, 1.807) is 6.20 Å². The number of aromatic nitrogens is 1. The van der Waals surface area contributed by atoms with E-state index >= 15 is 0 Å². The van der Waals surface area contributed by atoms with Gasteiger partial charge in [-0.25, -0.2) is 4.98 Å². The van der Waals surface area contributed by atoms with Gasteiger partial charge in [0, 0.05) is 35.4 Å². The summed E-state index contributed by atoms with van der Waals surface area (Å²) in [7, 11) is -0.685. The lowest BCUT2D eigenvalue weighted by Gasteiger charge is -2.00. The third kappa shape index (κ3) is 4.50. The maximum absolute atomic E-state index is 11.1. The van der Waals surface area contributed by atoms with Gasteiger partial charge in [-0.1, -0.05) is 18.5 Å². The zero-order valence-electron chi connectivity index (χ0n) is 7.96. The van der Waals surface area contributed by atoms with Gasteiger partial charge in [0.2, 0.25) is 0 Å². The lowest BCUT2D eigenvalue weighted by molar-refractivity contribution is 0.673. The summed E-state index contributed by atoms with van der Waals surface area (Å²) in [4.78, 5) is 4.10. The Morgan fingerprint density at radius 3 is 3.07 bits per heavy atom. The first-order chi connectivity index (χ1) is 6.72. The number of nitrogens with zero attached hydrogens (tertiary/aromatic N) is 1. The Hall–Kier alpha value is 0.0300. The van der Waals surface area contributed by atoms with Gasteiger partial charge < -0.3 is 5.32 Å². The van der Waals surface area contributed by atoms with E-state index in [9.17, 15) is 4.21 Å². The SMILES string of the molecule is CCS(=O)CCNCc1ncc(Cl)s1. The van der Waals surface area contributed by atoms with Crippen molar-refractivity contribution in [1.29, 1.82) is 0 Å². The van der Waals surface area contributed by atoms with Crippen LogP contribution in [0.5, 0.6) is 0 Å². The third-order valence-corrected chi connectivity index (χ3v) is 4.05. The van der Waals surface area contributed by atoms with E-state index in [0.717, 1.165) is 17.3 Å². The minimum absolute atomic E-state index is 0.685. The maximum Gasteiger partial charge on any atom is 0.113 e. The fraction of sp³-hybridized carbons (Fsp3) is 0.625. The average molecular weight is 253 g/mol. The predicted molar refractivity (Wildman–Crippen MR) is 62.4 cm³/mol. The molecule has 0 bridgehead atoms. The smallest absolute Gasteiger partial charge is 0.113 e. The van der Waals surface area contributed by atoms with Crippen LogP contribution in [-0.2, 0) is 17.3 Å². The van der Waals surface area contributed by atoms with E-state index in [0.29, 0.717) is 16.6 Å². The van der Waals surface area contributed by atoms with Crippen molar-refractivity contribution in [3.05, 3.63) is 15.5 Å². The lowest BCUT2D eigenvalue weighted by Crippen LogP contribution is -2.20. The number of thiazole rings is 1. The van der Waals surface area contributed by atoms with E-state index in [2.05, 4.69) is 10.3 Å². The van der Waals surface area contributed by atoms with Crippen molar-refractivity contribution in [3.8, 4) is 0 Å². The molecule has 0 aromatic carbocycles. The van der Waals surface area contributed by atoms with Gasteiger partial charge in [-0.15, -0.1) is 11.3 Å². The van der Waals surface area contributed by atoms with Crippen molar-refractivity contribution in [2.75, 3.05) is 18.1 Å². The normalized spacial score (nSPS) is 13.0. The second kappa shape index (κ2) is 6.50. The highest BCUT2D eigenvalue weighted by molar-refractivity contribution is 7.84. The third-order valence-electron chi connectivity index (χ3n) is 1.63. The van der Waals surface area contributed by atoms with Crippen molar-refractivity contribution in [1.82, 2.24) is 10.3 Å². The molecule has 0 aliphatic heterocycles. The zero-order valence-corrected chi connectivity index (χ0v) is 10.3. The molecule has 0 saturated heterocycles. The first kappa shape index (κ1) is 12.1. The van der Waals surface area contributed by atoms with Crippen molar-refractivity contribution < 1.29 is 4.21 Å². The van der Waals surface area contributed by atoms with Gasteiger partial charge in [-0.2, -0.15) is 0 Å². The predicted octanol–water partition coefficient (Wildman–Crippen LogP) is 1.65. The molecule has 0 fully saturated rings. The molecule has 0 aliphatic rings. The highest BCUT2D eigenvalue weighted by atomic mass is 35.5. The van der Waals surface area contributed by atoms with Crippen LogP contribution in [0.1, 0.15) is 11.9 Å². The molecular formula is C8H13ClN2OS2. The highest BCUT2D eigenvalue weighted by Gasteiger charge is 1.99. The Labute approximate surface area is 95.3 Å². The van der Waals surface area contributed by atoms with Crippen LogP contribution in [0.3, 0.4) is 0 Å². The molecule has 0 spiro atoms. The van der Waals surface area contributed by atoms with Crippen molar-refractivity contribution in [3.63, 3.8) is 0 Å². The topological polar surface area (TPSA) is 42.0 Å². The first-order valence-electron chi connectivity index (χ1n) is 4.38. The van der Waals surface area contributed by atoms with E-state index in [-0.39, 0.29) is 0 Å². The molecule has 1 aromatic heterocycles. The summed E-state index contributed by atoms with van der Waals surface area (Å²) in [5.41, 5.74) is 0. The molecule has 0 aliphatic carbocycles. The van der Waals surface area contributed by atoms with Crippen LogP contribution >= 0.6 is 22.9 Å². The van der Waals surface area contributed by atoms with Crippen LogP contribution in [0.2, 0.25) is 4.34 Å². The Morgan fingerprint density at radius 2 is 2.50 bits per heavy atom. The van der Waals surface area contributed by atoms with Gasteiger partial charge in [-0.05, 0) is 0 Å². The van der Waals surface area contributed by atoms with Crippen molar-refractivity contribution in [2.45, 2.75) is 13.5 Å². The number of rotatable bonds is 6. The number of hydrogen-bond donors (Lipinski definition) is 1. The summed E-state index contributed by atoms with van der Waals surface area (Å²) in [6.45, 7) is 3.40. The summed E-state index contributed by atoms with van der Waals surface area (Å²) < 4.78 is 11.8. The molecule has 80 valence electrons. The van der Waals surface area contributed by atoms with Crippen LogP contribution in [0, 0.1) is 0 Å². The van der Waals surface area contributed by atoms with Crippen molar-refractivity contribution >= 4 is 33.7 Å². The first-order valence-corrected chi connectivity index (χ1v) is 7.06. The lowest BCUT2D eigenvalue weighted by atomic mass is 10.6. The largest absolute Gasteiger partial charge is 0.310 e. The standard InChI is InChI=1S/C8H13ClN2OS2/c1-2-14(12)4-3-10-6-8-11-5-7(9)13-8/h5,10H,2-4,6H2,1H3. The molecule has 0 amide bonds. The monoisotopic (exact) mass is 252 g/mol.